The van der Waals surface area contributed by atoms with Gasteiger partial charge in [0.05, 0.1) is 24.9 Å². The number of carbonyl (C=O) groups is 2. The van der Waals surface area contributed by atoms with E-state index < -0.39 is 6.04 Å². The van der Waals surface area contributed by atoms with Gasteiger partial charge in [-0.1, -0.05) is 30.3 Å². The molecular weight excluding hydrogens is 362 g/mol. The number of carbonyl (C=O) groups excluding carboxylic acids is 2. The normalized spacial score (nSPS) is 30.0. The molecule has 0 saturated carbocycles. The Kier molecular flexibility index (Phi) is 6.97. The van der Waals surface area contributed by atoms with Crippen LogP contribution < -0.4 is 21.9 Å². The zero-order valence-electron chi connectivity index (χ0n) is 16.3. The average Bonchev–Trinajstić information content (AvgIpc) is 3.09. The smallest absolute Gasteiger partial charge is 0.248 e. The molecule has 5 atom stereocenters. The van der Waals surface area contributed by atoms with E-state index in [2.05, 4.69) is 16.2 Å². The standard InChI is InChI=1S/C19H29N5O4/c1-24(2)15(25)11-28-14-8-9-27-10-13(14)21-19(26)17-16(18(20)23-22-17)12-6-4-3-5-7-12/h3-7,13-14,16-18,22-23H,8-11,20H2,1-2H3,(H,21,26)/t13-,14+,16?,17?,18?/m0/s1. The number of hydrogen-bond acceptors (Lipinski definition) is 7. The van der Waals surface area contributed by atoms with Crippen LogP contribution in [0.3, 0.4) is 0 Å². The van der Waals surface area contributed by atoms with Crippen molar-refractivity contribution in [2.75, 3.05) is 33.9 Å². The van der Waals surface area contributed by atoms with Gasteiger partial charge in [-0.3, -0.25) is 9.59 Å². The average molecular weight is 391 g/mol. The number of amides is 2. The van der Waals surface area contributed by atoms with Crippen LogP contribution in [0.15, 0.2) is 30.3 Å². The van der Waals surface area contributed by atoms with E-state index in [1.165, 1.54) is 4.90 Å². The summed E-state index contributed by atoms with van der Waals surface area (Å²) in [5.74, 6) is -0.508. The van der Waals surface area contributed by atoms with Gasteiger partial charge in [0.25, 0.3) is 0 Å². The van der Waals surface area contributed by atoms with Crippen molar-refractivity contribution in [3.63, 3.8) is 0 Å². The van der Waals surface area contributed by atoms with E-state index in [4.69, 9.17) is 15.2 Å². The molecule has 5 N–H and O–H groups in total. The minimum atomic E-state index is -0.525. The Morgan fingerprint density at radius 2 is 2.04 bits per heavy atom. The van der Waals surface area contributed by atoms with Crippen molar-refractivity contribution in [3.05, 3.63) is 35.9 Å². The van der Waals surface area contributed by atoms with E-state index in [9.17, 15) is 9.59 Å². The summed E-state index contributed by atoms with van der Waals surface area (Å²) < 4.78 is 11.3. The minimum absolute atomic E-state index is 0.0230. The van der Waals surface area contributed by atoms with Gasteiger partial charge < -0.3 is 25.4 Å². The fourth-order valence-corrected chi connectivity index (χ4v) is 3.51. The van der Waals surface area contributed by atoms with Crippen LogP contribution in [0.2, 0.25) is 0 Å². The van der Waals surface area contributed by atoms with Crippen LogP contribution in [0.5, 0.6) is 0 Å². The molecule has 2 aliphatic rings. The van der Waals surface area contributed by atoms with E-state index in [0.717, 1.165) is 5.56 Å². The van der Waals surface area contributed by atoms with E-state index in [-0.39, 0.29) is 42.7 Å². The monoisotopic (exact) mass is 391 g/mol. The van der Waals surface area contributed by atoms with Crippen molar-refractivity contribution in [3.8, 4) is 0 Å². The predicted octanol–water partition coefficient (Wildman–Crippen LogP) is -1.09. The molecule has 0 aromatic heterocycles. The number of hydrogen-bond donors (Lipinski definition) is 4. The van der Waals surface area contributed by atoms with Gasteiger partial charge >= 0.3 is 0 Å². The maximum atomic E-state index is 13.0. The molecule has 2 saturated heterocycles. The summed E-state index contributed by atoms with van der Waals surface area (Å²) >= 11 is 0. The van der Waals surface area contributed by atoms with Crippen LogP contribution >= 0.6 is 0 Å². The van der Waals surface area contributed by atoms with E-state index in [1.807, 2.05) is 30.3 Å². The van der Waals surface area contributed by atoms with Crippen LogP contribution in [-0.4, -0.2) is 75.0 Å². The molecule has 0 radical (unpaired) electrons. The Balaban J connectivity index is 1.63. The summed E-state index contributed by atoms with van der Waals surface area (Å²) in [7, 11) is 3.36. The molecule has 154 valence electrons. The Morgan fingerprint density at radius 1 is 1.29 bits per heavy atom. The molecule has 2 heterocycles. The third kappa shape index (κ3) is 4.86. The van der Waals surface area contributed by atoms with Gasteiger partial charge in [-0.25, -0.2) is 10.9 Å². The third-order valence-electron chi connectivity index (χ3n) is 5.16. The Morgan fingerprint density at radius 3 is 2.75 bits per heavy atom. The first-order valence-corrected chi connectivity index (χ1v) is 9.49. The number of ether oxygens (including phenoxy) is 2. The number of nitrogens with two attached hydrogens (primary N) is 1. The molecule has 0 spiro atoms. The molecule has 1 aromatic rings. The van der Waals surface area contributed by atoms with Crippen LogP contribution in [0.25, 0.3) is 0 Å². The number of nitrogens with one attached hydrogen (secondary N) is 3. The third-order valence-corrected chi connectivity index (χ3v) is 5.16. The van der Waals surface area contributed by atoms with Crippen LogP contribution in [0.4, 0.5) is 0 Å². The van der Waals surface area contributed by atoms with Crippen molar-refractivity contribution in [1.29, 1.82) is 0 Å². The SMILES string of the molecule is CN(C)C(=O)CO[C@@H]1CCOC[C@@H]1NC(=O)C1NNC(N)C1c1ccccc1. The fraction of sp³-hybridized carbons (Fsp3) is 0.579. The molecule has 9 heteroatoms. The summed E-state index contributed by atoms with van der Waals surface area (Å²) in [5, 5.41) is 3.01. The second-order valence-electron chi connectivity index (χ2n) is 7.34. The maximum absolute atomic E-state index is 13.0. The summed E-state index contributed by atoms with van der Waals surface area (Å²) in [5.41, 5.74) is 13.1. The molecule has 9 nitrogen and oxygen atoms in total. The molecule has 0 aliphatic carbocycles. The molecule has 3 unspecified atom stereocenters. The van der Waals surface area contributed by atoms with Gasteiger partial charge in [0, 0.05) is 26.6 Å². The molecular formula is C19H29N5O4. The number of likely N-dealkylation sites (N-methyl/N-ethyl adjacent to an activating group) is 1. The lowest BCUT2D eigenvalue weighted by molar-refractivity contribution is -0.140. The molecule has 2 aliphatic heterocycles. The van der Waals surface area contributed by atoms with Gasteiger partial charge in [-0.05, 0) is 12.0 Å². The highest BCUT2D eigenvalue weighted by atomic mass is 16.5. The van der Waals surface area contributed by atoms with Crippen molar-refractivity contribution < 1.29 is 19.1 Å². The minimum Gasteiger partial charge on any atom is -0.379 e. The number of benzene rings is 1. The van der Waals surface area contributed by atoms with E-state index in [1.54, 1.807) is 14.1 Å². The number of rotatable bonds is 6. The second kappa shape index (κ2) is 9.44. The molecule has 3 rings (SSSR count). The van der Waals surface area contributed by atoms with Gasteiger partial charge in [0.15, 0.2) is 0 Å². The molecule has 28 heavy (non-hydrogen) atoms. The highest BCUT2D eigenvalue weighted by Gasteiger charge is 2.41. The Hall–Kier alpha value is -2.04. The molecule has 2 amide bonds. The summed E-state index contributed by atoms with van der Waals surface area (Å²) in [6.07, 6.45) is -0.0470. The quantitative estimate of drug-likeness (QED) is 0.487. The maximum Gasteiger partial charge on any atom is 0.248 e. The van der Waals surface area contributed by atoms with Crippen molar-refractivity contribution in [2.24, 2.45) is 5.73 Å². The lowest BCUT2D eigenvalue weighted by Crippen LogP contribution is -2.56. The van der Waals surface area contributed by atoms with Crippen molar-refractivity contribution >= 4 is 11.8 Å². The second-order valence-corrected chi connectivity index (χ2v) is 7.34. The van der Waals surface area contributed by atoms with Crippen LogP contribution in [0, 0.1) is 0 Å². The first-order chi connectivity index (χ1) is 13.5. The summed E-state index contributed by atoms with van der Waals surface area (Å²) in [6, 6.07) is 8.85. The van der Waals surface area contributed by atoms with Crippen molar-refractivity contribution in [2.45, 2.75) is 36.7 Å². The van der Waals surface area contributed by atoms with Crippen LogP contribution in [0.1, 0.15) is 17.9 Å². The number of hydrazine groups is 1. The predicted molar refractivity (Wildman–Crippen MR) is 103 cm³/mol. The zero-order chi connectivity index (χ0) is 20.1. The topological polar surface area (TPSA) is 118 Å². The van der Waals surface area contributed by atoms with E-state index >= 15 is 0 Å². The van der Waals surface area contributed by atoms with Crippen molar-refractivity contribution in [1.82, 2.24) is 21.1 Å². The lowest BCUT2D eigenvalue weighted by atomic mass is 9.90. The summed E-state index contributed by atoms with van der Waals surface area (Å²) in [6.45, 7) is 0.855. The van der Waals surface area contributed by atoms with Gasteiger partial charge in [0.1, 0.15) is 12.6 Å². The van der Waals surface area contributed by atoms with E-state index in [0.29, 0.717) is 19.6 Å². The Bertz CT molecular complexity index is 672. The van der Waals surface area contributed by atoms with Gasteiger partial charge in [-0.15, -0.1) is 0 Å². The Labute approximate surface area is 164 Å². The largest absolute Gasteiger partial charge is 0.379 e. The first-order valence-electron chi connectivity index (χ1n) is 9.49. The molecule has 0 bridgehead atoms. The lowest BCUT2D eigenvalue weighted by Gasteiger charge is -2.33. The van der Waals surface area contributed by atoms with Crippen LogP contribution in [-0.2, 0) is 19.1 Å². The highest BCUT2D eigenvalue weighted by Crippen LogP contribution is 2.25. The molecule has 2 fully saturated rings. The highest BCUT2D eigenvalue weighted by molar-refractivity contribution is 5.84. The first kappa shape index (κ1) is 20.7. The number of nitrogens with zero attached hydrogens (tertiary/aromatic N) is 1. The van der Waals surface area contributed by atoms with Gasteiger partial charge in [-0.2, -0.15) is 0 Å². The summed E-state index contributed by atoms with van der Waals surface area (Å²) in [4.78, 5) is 26.3. The molecule has 1 aromatic carbocycles. The van der Waals surface area contributed by atoms with Gasteiger partial charge in [0.2, 0.25) is 11.8 Å². The zero-order valence-corrected chi connectivity index (χ0v) is 16.3. The fourth-order valence-electron chi connectivity index (χ4n) is 3.51.